The fraction of sp³-hybridized carbons (Fsp3) is 0.500. The first-order chi connectivity index (χ1) is 19.2. The molecule has 1 aromatic carbocycles. The number of fused-ring (bicyclic) bond motifs is 1. The normalized spacial score (nSPS) is 17.6. The third-order valence-electron chi connectivity index (χ3n) is 7.30. The van der Waals surface area contributed by atoms with Crippen LogP contribution in [0.2, 0.25) is 5.02 Å². The van der Waals surface area contributed by atoms with Gasteiger partial charge in [-0.3, -0.25) is 9.52 Å². The molecule has 40 heavy (non-hydrogen) atoms. The Morgan fingerprint density at radius 2 is 1.98 bits per heavy atom. The molecular weight excluding hydrogens is 556 g/mol. The van der Waals surface area contributed by atoms with Gasteiger partial charge in [-0.2, -0.15) is 9.61 Å². The van der Waals surface area contributed by atoms with Crippen LogP contribution < -0.4 is 20.3 Å². The lowest BCUT2D eigenvalue weighted by Gasteiger charge is -2.35. The van der Waals surface area contributed by atoms with Crippen LogP contribution in [-0.2, 0) is 10.0 Å². The maximum Gasteiger partial charge on any atom is 0.256 e. The van der Waals surface area contributed by atoms with Gasteiger partial charge in [-0.25, -0.2) is 13.4 Å². The highest BCUT2D eigenvalue weighted by atomic mass is 35.5. The van der Waals surface area contributed by atoms with Crippen LogP contribution in [0.3, 0.4) is 0 Å². The minimum Gasteiger partial charge on any atom is -0.395 e. The third-order valence-corrected chi connectivity index (χ3v) is 8.12. The fourth-order valence-electron chi connectivity index (χ4n) is 5.30. The van der Waals surface area contributed by atoms with Crippen LogP contribution in [0.5, 0.6) is 0 Å². The van der Waals surface area contributed by atoms with Crippen molar-refractivity contribution in [1.82, 2.24) is 19.5 Å². The number of rotatable bonds is 10. The number of hydrogen-bond acceptors (Lipinski definition) is 9. The molecule has 2 aliphatic rings. The summed E-state index contributed by atoms with van der Waals surface area (Å²) in [4.78, 5) is 24.7. The molecule has 4 heterocycles. The number of nitrogens with two attached hydrogens (primary N) is 1. The number of amides is 1. The Bertz CT molecular complexity index is 1490. The first kappa shape index (κ1) is 28.4. The zero-order valence-electron chi connectivity index (χ0n) is 22.5. The number of benzene rings is 1. The number of sulfonamides is 1. The monoisotopic (exact) mass is 590 g/mol. The molecule has 1 amide bonds. The van der Waals surface area contributed by atoms with Gasteiger partial charge >= 0.3 is 0 Å². The molecule has 2 saturated heterocycles. The second kappa shape index (κ2) is 11.8. The number of halogens is 1. The number of aliphatic hydroxyl groups is 1. The number of hydrogen-bond donors (Lipinski definition) is 3. The van der Waals surface area contributed by atoms with Gasteiger partial charge < -0.3 is 25.5 Å². The van der Waals surface area contributed by atoms with E-state index in [1.807, 2.05) is 17.0 Å². The summed E-state index contributed by atoms with van der Waals surface area (Å²) in [6.07, 6.45) is 4.57. The molecule has 14 heteroatoms. The Morgan fingerprint density at radius 3 is 2.65 bits per heavy atom. The maximum absolute atomic E-state index is 13.9. The van der Waals surface area contributed by atoms with Crippen molar-refractivity contribution in [2.24, 2.45) is 5.73 Å². The van der Waals surface area contributed by atoms with E-state index in [4.69, 9.17) is 27.4 Å². The van der Waals surface area contributed by atoms with E-state index in [-0.39, 0.29) is 29.8 Å². The molecule has 3 aromatic rings. The summed E-state index contributed by atoms with van der Waals surface area (Å²) >= 11 is 6.23. The van der Waals surface area contributed by atoms with Crippen LogP contribution in [-0.4, -0.2) is 91.1 Å². The van der Waals surface area contributed by atoms with E-state index in [9.17, 15) is 18.3 Å². The molecule has 0 aliphatic carbocycles. The lowest BCUT2D eigenvalue weighted by atomic mass is 9.98. The summed E-state index contributed by atoms with van der Waals surface area (Å²) in [5, 5.41) is 15.0. The predicted molar refractivity (Wildman–Crippen MR) is 156 cm³/mol. The van der Waals surface area contributed by atoms with Crippen molar-refractivity contribution >= 4 is 50.5 Å². The first-order valence-electron chi connectivity index (χ1n) is 13.5. The number of aromatic nitrogens is 3. The molecule has 5 rings (SSSR count). The highest BCUT2D eigenvalue weighted by Gasteiger charge is 2.33. The summed E-state index contributed by atoms with van der Waals surface area (Å²) in [5.74, 6) is 1.29. The SMILES string of the molecule is CS(=O)(=O)Nc1ccc(Cl)cc1C(=O)N1CCCCC1c1cc2nc(N3CCC3)cc(N(CCN)CCO)n2n1. The molecule has 1 atom stereocenters. The molecule has 0 bridgehead atoms. The molecule has 12 nitrogen and oxygen atoms in total. The fourth-order valence-corrected chi connectivity index (χ4v) is 6.04. The molecule has 0 radical (unpaired) electrons. The van der Waals surface area contributed by atoms with E-state index in [1.54, 1.807) is 15.5 Å². The van der Waals surface area contributed by atoms with Gasteiger partial charge in [-0.15, -0.1) is 0 Å². The largest absolute Gasteiger partial charge is 0.395 e. The van der Waals surface area contributed by atoms with Gasteiger partial charge in [0, 0.05) is 56.4 Å². The quantitative estimate of drug-likeness (QED) is 0.322. The first-order valence-corrected chi connectivity index (χ1v) is 15.8. The molecule has 0 spiro atoms. The van der Waals surface area contributed by atoms with Gasteiger partial charge in [-0.05, 0) is 43.9 Å². The number of carbonyl (C=O) groups excluding carboxylic acids is 1. The van der Waals surface area contributed by atoms with Gasteiger partial charge in [0.1, 0.15) is 11.6 Å². The standard InChI is InChI=1S/C26H35ClN8O4S/c1-40(38,39)31-20-7-6-18(27)15-19(20)26(37)34-11-3-2-5-22(34)21-16-24-29-23(32-9-4-10-32)17-25(35(24)30-21)33(12-8-28)13-14-36/h6-7,15-17,22,31,36H,2-5,8-14,28H2,1H3. The Hall–Kier alpha value is -3.13. The van der Waals surface area contributed by atoms with E-state index in [2.05, 4.69) is 9.62 Å². The molecule has 4 N–H and O–H groups in total. The van der Waals surface area contributed by atoms with Gasteiger partial charge in [0.15, 0.2) is 5.65 Å². The van der Waals surface area contributed by atoms with Crippen molar-refractivity contribution in [1.29, 1.82) is 0 Å². The van der Waals surface area contributed by atoms with E-state index < -0.39 is 10.0 Å². The third kappa shape index (κ3) is 5.97. The predicted octanol–water partition coefficient (Wildman–Crippen LogP) is 2.09. The van der Waals surface area contributed by atoms with Gasteiger partial charge in [-0.1, -0.05) is 11.6 Å². The van der Waals surface area contributed by atoms with Crippen LogP contribution in [0.25, 0.3) is 5.65 Å². The summed E-state index contributed by atoms with van der Waals surface area (Å²) in [6.45, 7) is 3.64. The average Bonchev–Trinajstić information content (AvgIpc) is 3.31. The lowest BCUT2D eigenvalue weighted by Crippen LogP contribution is -2.39. The van der Waals surface area contributed by atoms with Crippen LogP contribution in [0.1, 0.15) is 47.8 Å². The van der Waals surface area contributed by atoms with E-state index in [0.29, 0.717) is 49.0 Å². The van der Waals surface area contributed by atoms with Crippen molar-refractivity contribution < 1.29 is 18.3 Å². The highest BCUT2D eigenvalue weighted by Crippen LogP contribution is 2.35. The smallest absolute Gasteiger partial charge is 0.256 e. The Morgan fingerprint density at radius 1 is 1.18 bits per heavy atom. The van der Waals surface area contributed by atoms with Crippen molar-refractivity contribution in [2.45, 2.75) is 31.7 Å². The second-order valence-electron chi connectivity index (χ2n) is 10.2. The topological polar surface area (TPSA) is 149 Å². The summed E-state index contributed by atoms with van der Waals surface area (Å²) in [5.41, 5.74) is 7.60. The minimum atomic E-state index is -3.61. The Labute approximate surface area is 238 Å². The van der Waals surface area contributed by atoms with Crippen LogP contribution in [0, 0.1) is 0 Å². The average molecular weight is 591 g/mol. The lowest BCUT2D eigenvalue weighted by molar-refractivity contribution is 0.0607. The zero-order chi connectivity index (χ0) is 28.4. The molecular formula is C26H35ClN8O4S. The van der Waals surface area contributed by atoms with Crippen molar-refractivity contribution in [3.8, 4) is 0 Å². The zero-order valence-corrected chi connectivity index (χ0v) is 24.0. The van der Waals surface area contributed by atoms with Crippen LogP contribution >= 0.6 is 11.6 Å². The number of carbonyl (C=O) groups is 1. The van der Waals surface area contributed by atoms with E-state index >= 15 is 0 Å². The molecule has 2 aromatic heterocycles. The summed E-state index contributed by atoms with van der Waals surface area (Å²) in [7, 11) is -3.61. The number of likely N-dealkylation sites (tertiary alicyclic amines) is 1. The maximum atomic E-state index is 13.9. The van der Waals surface area contributed by atoms with Gasteiger partial charge in [0.05, 0.1) is 35.8 Å². The van der Waals surface area contributed by atoms with Gasteiger partial charge in [0.25, 0.3) is 5.91 Å². The van der Waals surface area contributed by atoms with Gasteiger partial charge in [0.2, 0.25) is 10.0 Å². The number of nitrogens with zero attached hydrogens (tertiary/aromatic N) is 6. The molecule has 2 fully saturated rings. The minimum absolute atomic E-state index is 0.0363. The van der Waals surface area contributed by atoms with Crippen molar-refractivity contribution in [3.05, 3.63) is 46.6 Å². The number of piperidine rings is 1. The van der Waals surface area contributed by atoms with Crippen molar-refractivity contribution in [3.63, 3.8) is 0 Å². The van der Waals surface area contributed by atoms with E-state index in [1.165, 1.54) is 12.1 Å². The van der Waals surface area contributed by atoms with Crippen LogP contribution in [0.15, 0.2) is 30.3 Å². The van der Waals surface area contributed by atoms with Crippen molar-refractivity contribution in [2.75, 3.05) is 66.7 Å². The summed E-state index contributed by atoms with van der Waals surface area (Å²) < 4.78 is 28.2. The summed E-state index contributed by atoms with van der Waals surface area (Å²) in [6, 6.07) is 8.09. The Kier molecular flexibility index (Phi) is 8.36. The number of nitrogens with one attached hydrogen (secondary N) is 1. The van der Waals surface area contributed by atoms with E-state index in [0.717, 1.165) is 50.2 Å². The number of anilines is 3. The highest BCUT2D eigenvalue weighted by molar-refractivity contribution is 7.92. The molecule has 2 aliphatic heterocycles. The van der Waals surface area contributed by atoms with Crippen LogP contribution in [0.4, 0.5) is 17.3 Å². The number of aliphatic hydroxyl groups excluding tert-OH is 1. The Balaban J connectivity index is 1.55. The molecule has 1 unspecified atom stereocenters. The molecule has 216 valence electrons. The second-order valence-corrected chi connectivity index (χ2v) is 12.4. The molecule has 0 saturated carbocycles.